The van der Waals surface area contributed by atoms with Crippen LogP contribution in [0.1, 0.15) is 43.0 Å². The summed E-state index contributed by atoms with van der Waals surface area (Å²) in [6.07, 6.45) is 7.97. The van der Waals surface area contributed by atoms with Crippen LogP contribution in [-0.4, -0.2) is 35.8 Å². The van der Waals surface area contributed by atoms with Crippen LogP contribution in [0.3, 0.4) is 0 Å². The van der Waals surface area contributed by atoms with Crippen LogP contribution in [-0.2, 0) is 9.53 Å². The number of carbonyl (C=O) groups is 2. The highest BCUT2D eigenvalue weighted by Crippen LogP contribution is 2.23. The van der Waals surface area contributed by atoms with Gasteiger partial charge in [-0.25, -0.2) is 9.78 Å². The van der Waals surface area contributed by atoms with E-state index in [1.807, 2.05) is 6.26 Å². The molecule has 5 nitrogen and oxygen atoms in total. The van der Waals surface area contributed by atoms with Gasteiger partial charge < -0.3 is 10.1 Å². The van der Waals surface area contributed by atoms with E-state index < -0.39 is 5.97 Å². The Balaban J connectivity index is 1.84. The molecule has 1 saturated carbocycles. The predicted octanol–water partition coefficient (Wildman–Crippen LogP) is 2.66. The van der Waals surface area contributed by atoms with Gasteiger partial charge in [-0.1, -0.05) is 19.8 Å². The van der Waals surface area contributed by atoms with Gasteiger partial charge in [0.05, 0.1) is 5.56 Å². The van der Waals surface area contributed by atoms with Crippen molar-refractivity contribution < 1.29 is 14.3 Å². The highest BCUT2D eigenvalue weighted by Gasteiger charge is 2.23. The maximum atomic E-state index is 12.0. The number of esters is 1. The lowest BCUT2D eigenvalue weighted by molar-refractivity contribution is -0.125. The van der Waals surface area contributed by atoms with Crippen molar-refractivity contribution in [3.63, 3.8) is 0 Å². The van der Waals surface area contributed by atoms with Crippen LogP contribution in [0.25, 0.3) is 0 Å². The summed E-state index contributed by atoms with van der Waals surface area (Å²) in [7, 11) is 0. The Morgan fingerprint density at radius 2 is 2.18 bits per heavy atom. The molecule has 6 heteroatoms. The van der Waals surface area contributed by atoms with Gasteiger partial charge in [0.25, 0.3) is 5.91 Å². The first-order valence-corrected chi connectivity index (χ1v) is 8.79. The van der Waals surface area contributed by atoms with Crippen molar-refractivity contribution in [3.05, 3.63) is 23.9 Å². The average molecular weight is 322 g/mol. The summed E-state index contributed by atoms with van der Waals surface area (Å²) in [5, 5.41) is 3.57. The van der Waals surface area contributed by atoms with Crippen LogP contribution >= 0.6 is 11.8 Å². The fraction of sp³-hybridized carbons (Fsp3) is 0.562. The number of pyridine rings is 1. The maximum absolute atomic E-state index is 12.0. The average Bonchev–Trinajstić information content (AvgIpc) is 2.54. The standard InChI is InChI=1S/C16H22N2O3S/c1-11-6-3-4-8-13(11)18-14(19)10-21-16(20)12-7-5-9-17-15(12)22-2/h5,7,9,11,13H,3-4,6,8,10H2,1-2H3,(H,18,19). The molecule has 1 aromatic heterocycles. The minimum absolute atomic E-state index is 0.195. The first kappa shape index (κ1) is 16.8. The minimum atomic E-state index is -0.510. The summed E-state index contributed by atoms with van der Waals surface area (Å²) in [6, 6.07) is 3.53. The third-order valence-electron chi connectivity index (χ3n) is 3.98. The van der Waals surface area contributed by atoms with Gasteiger partial charge in [0.2, 0.25) is 0 Å². The van der Waals surface area contributed by atoms with E-state index in [2.05, 4.69) is 17.2 Å². The normalized spacial score (nSPS) is 21.2. The number of rotatable bonds is 5. The van der Waals surface area contributed by atoms with Crippen molar-refractivity contribution in [1.29, 1.82) is 0 Å². The molecule has 0 saturated heterocycles. The molecule has 1 heterocycles. The molecular weight excluding hydrogens is 300 g/mol. The van der Waals surface area contributed by atoms with Crippen molar-refractivity contribution in [3.8, 4) is 0 Å². The SMILES string of the molecule is CSc1ncccc1C(=O)OCC(=O)NC1CCCCC1C. The molecule has 0 bridgehead atoms. The third kappa shape index (κ3) is 4.47. The van der Waals surface area contributed by atoms with Crippen LogP contribution in [0.2, 0.25) is 0 Å². The molecule has 0 aliphatic heterocycles. The number of nitrogens with one attached hydrogen (secondary N) is 1. The van der Waals surface area contributed by atoms with E-state index >= 15 is 0 Å². The number of thioether (sulfide) groups is 1. The topological polar surface area (TPSA) is 68.3 Å². The van der Waals surface area contributed by atoms with Crippen molar-refractivity contribution in [2.45, 2.75) is 43.7 Å². The first-order chi connectivity index (χ1) is 10.6. The Hall–Kier alpha value is -1.56. The van der Waals surface area contributed by atoms with Crippen LogP contribution in [0.5, 0.6) is 0 Å². The van der Waals surface area contributed by atoms with E-state index in [0.29, 0.717) is 16.5 Å². The van der Waals surface area contributed by atoms with E-state index in [1.54, 1.807) is 18.3 Å². The Bertz CT molecular complexity index is 536. The van der Waals surface area contributed by atoms with E-state index in [-0.39, 0.29) is 18.6 Å². The van der Waals surface area contributed by atoms with Gasteiger partial charge in [-0.05, 0) is 37.1 Å². The second-order valence-corrected chi connectivity index (χ2v) is 6.37. The molecule has 2 rings (SSSR count). The fourth-order valence-electron chi connectivity index (χ4n) is 2.70. The zero-order valence-corrected chi connectivity index (χ0v) is 13.8. The summed E-state index contributed by atoms with van der Waals surface area (Å²) in [4.78, 5) is 28.1. The Labute approximate surface area is 135 Å². The Morgan fingerprint density at radius 3 is 2.91 bits per heavy atom. The van der Waals surface area contributed by atoms with Crippen molar-refractivity contribution in [1.82, 2.24) is 10.3 Å². The molecule has 0 radical (unpaired) electrons. The Kier molecular flexibility index (Phi) is 6.24. The van der Waals surface area contributed by atoms with Crippen molar-refractivity contribution >= 4 is 23.6 Å². The number of hydrogen-bond acceptors (Lipinski definition) is 5. The van der Waals surface area contributed by atoms with Gasteiger partial charge in [-0.15, -0.1) is 11.8 Å². The molecule has 1 amide bonds. The van der Waals surface area contributed by atoms with Crippen LogP contribution < -0.4 is 5.32 Å². The molecule has 1 aliphatic rings. The van der Waals surface area contributed by atoms with Gasteiger partial charge >= 0.3 is 5.97 Å². The minimum Gasteiger partial charge on any atom is -0.452 e. The lowest BCUT2D eigenvalue weighted by Crippen LogP contribution is -2.42. The molecule has 1 aromatic rings. The van der Waals surface area contributed by atoms with Crippen molar-refractivity contribution in [2.24, 2.45) is 5.92 Å². The first-order valence-electron chi connectivity index (χ1n) is 7.57. The smallest absolute Gasteiger partial charge is 0.341 e. The quantitative estimate of drug-likeness (QED) is 0.667. The molecule has 0 spiro atoms. The highest BCUT2D eigenvalue weighted by molar-refractivity contribution is 7.98. The van der Waals surface area contributed by atoms with Gasteiger partial charge in [0.15, 0.2) is 6.61 Å². The van der Waals surface area contributed by atoms with Crippen LogP contribution in [0.15, 0.2) is 23.4 Å². The van der Waals surface area contributed by atoms with Gasteiger partial charge in [-0.3, -0.25) is 4.79 Å². The van der Waals surface area contributed by atoms with Gasteiger partial charge in [-0.2, -0.15) is 0 Å². The van der Waals surface area contributed by atoms with E-state index in [4.69, 9.17) is 4.74 Å². The highest BCUT2D eigenvalue weighted by atomic mass is 32.2. The third-order valence-corrected chi connectivity index (χ3v) is 4.69. The van der Waals surface area contributed by atoms with Crippen molar-refractivity contribution in [2.75, 3.05) is 12.9 Å². The number of nitrogens with zero attached hydrogens (tertiary/aromatic N) is 1. The van der Waals surface area contributed by atoms with Crippen LogP contribution in [0, 0.1) is 5.92 Å². The second-order valence-electron chi connectivity index (χ2n) is 5.57. The molecule has 1 N–H and O–H groups in total. The van der Waals surface area contributed by atoms with E-state index in [0.717, 1.165) is 19.3 Å². The fourth-order valence-corrected chi connectivity index (χ4v) is 3.23. The van der Waals surface area contributed by atoms with Crippen LogP contribution in [0.4, 0.5) is 0 Å². The Morgan fingerprint density at radius 1 is 1.41 bits per heavy atom. The number of amides is 1. The molecular formula is C16H22N2O3S. The molecule has 22 heavy (non-hydrogen) atoms. The number of hydrogen-bond donors (Lipinski definition) is 1. The predicted molar refractivity (Wildman–Crippen MR) is 85.9 cm³/mol. The molecule has 2 unspecified atom stereocenters. The monoisotopic (exact) mass is 322 g/mol. The molecule has 1 fully saturated rings. The summed E-state index contributed by atoms with van der Waals surface area (Å²) < 4.78 is 5.10. The number of ether oxygens (including phenoxy) is 1. The summed E-state index contributed by atoms with van der Waals surface area (Å²) in [5.74, 6) is -0.263. The molecule has 1 aliphatic carbocycles. The lowest BCUT2D eigenvalue weighted by Gasteiger charge is -2.29. The van der Waals surface area contributed by atoms with E-state index in [9.17, 15) is 9.59 Å². The zero-order valence-electron chi connectivity index (χ0n) is 13.0. The lowest BCUT2D eigenvalue weighted by atomic mass is 9.86. The molecule has 2 atom stereocenters. The summed E-state index contributed by atoms with van der Waals surface area (Å²) in [5.41, 5.74) is 0.397. The number of carbonyl (C=O) groups excluding carboxylic acids is 2. The summed E-state index contributed by atoms with van der Waals surface area (Å²) in [6.45, 7) is 1.90. The number of aromatic nitrogens is 1. The largest absolute Gasteiger partial charge is 0.452 e. The van der Waals surface area contributed by atoms with E-state index in [1.165, 1.54) is 18.2 Å². The molecule has 0 aromatic carbocycles. The molecule has 120 valence electrons. The summed E-state index contributed by atoms with van der Waals surface area (Å²) >= 11 is 1.37. The van der Waals surface area contributed by atoms with Gasteiger partial charge in [0.1, 0.15) is 5.03 Å². The zero-order chi connectivity index (χ0) is 15.9. The second kappa shape index (κ2) is 8.17. The maximum Gasteiger partial charge on any atom is 0.341 e. The van der Waals surface area contributed by atoms with Gasteiger partial charge in [0, 0.05) is 12.2 Å².